The number of carbonyl (C=O) groups excluding carboxylic acids is 1. The standard InChI is InChI=1S/C9H9F3N2O3/c1-14(16-2)8(15)6-3-4-7(13-5-6)17-9(10,11)12/h3-5H,1-2H3. The molecule has 0 fully saturated rings. The summed E-state index contributed by atoms with van der Waals surface area (Å²) in [5.74, 6) is -1.16. The minimum atomic E-state index is -4.80. The molecule has 0 aliphatic carbocycles. The Bertz CT molecular complexity index is 391. The average molecular weight is 250 g/mol. The van der Waals surface area contributed by atoms with Gasteiger partial charge in [-0.05, 0) is 6.07 Å². The molecule has 1 aromatic rings. The Morgan fingerprint density at radius 1 is 1.41 bits per heavy atom. The number of hydrogen-bond donors (Lipinski definition) is 0. The van der Waals surface area contributed by atoms with Crippen LogP contribution in [0.15, 0.2) is 18.3 Å². The highest BCUT2D eigenvalue weighted by Gasteiger charge is 2.31. The quantitative estimate of drug-likeness (QED) is 0.765. The van der Waals surface area contributed by atoms with Crippen LogP contribution in [0.2, 0.25) is 0 Å². The molecule has 1 rings (SSSR count). The lowest BCUT2D eigenvalue weighted by atomic mass is 10.3. The summed E-state index contributed by atoms with van der Waals surface area (Å²) in [5.41, 5.74) is 0.0869. The van der Waals surface area contributed by atoms with Gasteiger partial charge in [0.15, 0.2) is 0 Å². The molecule has 0 spiro atoms. The minimum absolute atomic E-state index is 0.0869. The molecule has 0 atom stereocenters. The van der Waals surface area contributed by atoms with Crippen molar-refractivity contribution in [1.82, 2.24) is 10.0 Å². The van der Waals surface area contributed by atoms with E-state index in [2.05, 4.69) is 14.6 Å². The van der Waals surface area contributed by atoms with Crippen LogP contribution in [0.1, 0.15) is 10.4 Å². The summed E-state index contributed by atoms with van der Waals surface area (Å²) in [7, 11) is 2.65. The summed E-state index contributed by atoms with van der Waals surface area (Å²) in [6.45, 7) is 0. The van der Waals surface area contributed by atoms with E-state index in [9.17, 15) is 18.0 Å². The second-order valence-electron chi connectivity index (χ2n) is 2.92. The lowest BCUT2D eigenvalue weighted by Gasteiger charge is -2.13. The van der Waals surface area contributed by atoms with Crippen LogP contribution < -0.4 is 4.74 Å². The average Bonchev–Trinajstić information content (AvgIpc) is 2.26. The van der Waals surface area contributed by atoms with Gasteiger partial charge in [0, 0.05) is 19.3 Å². The van der Waals surface area contributed by atoms with Gasteiger partial charge in [0.1, 0.15) is 0 Å². The molecule has 17 heavy (non-hydrogen) atoms. The van der Waals surface area contributed by atoms with Crippen LogP contribution >= 0.6 is 0 Å². The van der Waals surface area contributed by atoms with Crippen molar-refractivity contribution in [3.63, 3.8) is 0 Å². The van der Waals surface area contributed by atoms with Crippen molar-refractivity contribution in [3.05, 3.63) is 23.9 Å². The van der Waals surface area contributed by atoms with Crippen LogP contribution in [0.5, 0.6) is 5.88 Å². The fraction of sp³-hybridized carbons (Fsp3) is 0.333. The molecule has 5 nitrogen and oxygen atoms in total. The summed E-state index contributed by atoms with van der Waals surface area (Å²) in [5, 5.41) is 0.918. The molecule has 0 bridgehead atoms. The highest BCUT2D eigenvalue weighted by Crippen LogP contribution is 2.20. The second-order valence-corrected chi connectivity index (χ2v) is 2.92. The Hall–Kier alpha value is -1.83. The number of ether oxygens (including phenoxy) is 1. The Kier molecular flexibility index (Phi) is 3.89. The van der Waals surface area contributed by atoms with Gasteiger partial charge in [0.2, 0.25) is 5.88 Å². The van der Waals surface area contributed by atoms with Crippen molar-refractivity contribution in [3.8, 4) is 5.88 Å². The topological polar surface area (TPSA) is 51.7 Å². The maximum atomic E-state index is 11.8. The maximum Gasteiger partial charge on any atom is 0.574 e. The van der Waals surface area contributed by atoms with Gasteiger partial charge in [-0.2, -0.15) is 0 Å². The molecular formula is C9H9F3N2O3. The number of hydroxylamine groups is 2. The van der Waals surface area contributed by atoms with Crippen LogP contribution in [0.4, 0.5) is 13.2 Å². The minimum Gasteiger partial charge on any atom is -0.388 e. The predicted molar refractivity (Wildman–Crippen MR) is 50.0 cm³/mol. The predicted octanol–water partition coefficient (Wildman–Crippen LogP) is 1.61. The van der Waals surface area contributed by atoms with E-state index < -0.39 is 18.1 Å². The molecular weight excluding hydrogens is 241 g/mol. The molecule has 0 aromatic carbocycles. The monoisotopic (exact) mass is 250 g/mol. The van der Waals surface area contributed by atoms with Gasteiger partial charge in [-0.3, -0.25) is 9.63 Å². The highest BCUT2D eigenvalue weighted by atomic mass is 19.4. The van der Waals surface area contributed by atoms with Crippen molar-refractivity contribution in [2.24, 2.45) is 0 Å². The van der Waals surface area contributed by atoms with E-state index in [0.717, 1.165) is 23.4 Å². The second kappa shape index (κ2) is 5.00. The van der Waals surface area contributed by atoms with E-state index in [-0.39, 0.29) is 5.56 Å². The fourth-order valence-corrected chi connectivity index (χ4v) is 0.950. The van der Waals surface area contributed by atoms with Crippen molar-refractivity contribution >= 4 is 5.91 Å². The Labute approximate surface area is 94.7 Å². The van der Waals surface area contributed by atoms with Gasteiger partial charge in [0.05, 0.1) is 12.7 Å². The lowest BCUT2D eigenvalue weighted by molar-refractivity contribution is -0.276. The summed E-state index contributed by atoms with van der Waals surface area (Å²) in [4.78, 5) is 19.4. The summed E-state index contributed by atoms with van der Waals surface area (Å²) in [6.07, 6.45) is -3.83. The van der Waals surface area contributed by atoms with E-state index >= 15 is 0 Å². The zero-order chi connectivity index (χ0) is 13.1. The molecule has 1 amide bonds. The first kappa shape index (κ1) is 13.2. The molecule has 1 heterocycles. The molecule has 0 unspecified atom stereocenters. The molecule has 0 N–H and O–H groups in total. The van der Waals surface area contributed by atoms with E-state index in [1.54, 1.807) is 0 Å². The number of nitrogens with zero attached hydrogens (tertiary/aromatic N) is 2. The molecule has 94 valence electrons. The molecule has 8 heteroatoms. The summed E-state index contributed by atoms with van der Waals surface area (Å²) < 4.78 is 39.0. The molecule has 0 saturated heterocycles. The maximum absolute atomic E-state index is 11.8. The van der Waals surface area contributed by atoms with Crippen molar-refractivity contribution in [2.75, 3.05) is 14.2 Å². The summed E-state index contributed by atoms with van der Waals surface area (Å²) in [6, 6.07) is 2.11. The zero-order valence-corrected chi connectivity index (χ0v) is 8.99. The number of alkyl halides is 3. The number of rotatable bonds is 3. The number of amides is 1. The van der Waals surface area contributed by atoms with Gasteiger partial charge in [-0.25, -0.2) is 10.0 Å². The molecule has 0 aliphatic heterocycles. The summed E-state index contributed by atoms with van der Waals surface area (Å²) >= 11 is 0. The zero-order valence-electron chi connectivity index (χ0n) is 8.99. The van der Waals surface area contributed by atoms with Crippen LogP contribution in [0.25, 0.3) is 0 Å². The van der Waals surface area contributed by atoms with Crippen LogP contribution in [-0.4, -0.2) is 36.5 Å². The van der Waals surface area contributed by atoms with E-state index in [0.29, 0.717) is 0 Å². The van der Waals surface area contributed by atoms with E-state index in [1.165, 1.54) is 14.2 Å². The normalized spacial score (nSPS) is 11.1. The van der Waals surface area contributed by atoms with Crippen molar-refractivity contribution in [1.29, 1.82) is 0 Å². The SMILES string of the molecule is CON(C)C(=O)c1ccc(OC(F)(F)F)nc1. The number of hydrogen-bond acceptors (Lipinski definition) is 4. The lowest BCUT2D eigenvalue weighted by Crippen LogP contribution is -2.25. The van der Waals surface area contributed by atoms with Crippen molar-refractivity contribution in [2.45, 2.75) is 6.36 Å². The number of pyridine rings is 1. The number of halogens is 3. The number of carbonyl (C=O) groups is 1. The van der Waals surface area contributed by atoms with Gasteiger partial charge >= 0.3 is 6.36 Å². The number of aromatic nitrogens is 1. The van der Waals surface area contributed by atoms with Gasteiger partial charge in [-0.1, -0.05) is 0 Å². The molecule has 1 aromatic heterocycles. The van der Waals surface area contributed by atoms with Gasteiger partial charge in [-0.15, -0.1) is 13.2 Å². The molecule has 0 aliphatic rings. The van der Waals surface area contributed by atoms with E-state index in [1.807, 2.05) is 0 Å². The van der Waals surface area contributed by atoms with Crippen LogP contribution in [0, 0.1) is 0 Å². The van der Waals surface area contributed by atoms with Crippen molar-refractivity contribution < 1.29 is 27.5 Å². The first-order valence-electron chi connectivity index (χ1n) is 4.37. The Balaban J connectivity index is 2.78. The largest absolute Gasteiger partial charge is 0.574 e. The molecule has 0 saturated carbocycles. The van der Waals surface area contributed by atoms with Gasteiger partial charge in [0.25, 0.3) is 5.91 Å². The highest BCUT2D eigenvalue weighted by molar-refractivity contribution is 5.93. The fourth-order valence-electron chi connectivity index (χ4n) is 0.950. The smallest absolute Gasteiger partial charge is 0.388 e. The van der Waals surface area contributed by atoms with Gasteiger partial charge < -0.3 is 4.74 Å². The Morgan fingerprint density at radius 3 is 2.47 bits per heavy atom. The first-order valence-corrected chi connectivity index (χ1v) is 4.37. The van der Waals surface area contributed by atoms with E-state index in [4.69, 9.17) is 0 Å². The first-order chi connectivity index (χ1) is 7.83. The molecule has 0 radical (unpaired) electrons. The Morgan fingerprint density at radius 2 is 2.06 bits per heavy atom. The third-order valence-electron chi connectivity index (χ3n) is 1.76. The van der Waals surface area contributed by atoms with Crippen LogP contribution in [-0.2, 0) is 4.84 Å². The third-order valence-corrected chi connectivity index (χ3v) is 1.76. The van der Waals surface area contributed by atoms with Crippen LogP contribution in [0.3, 0.4) is 0 Å². The third kappa shape index (κ3) is 3.91.